The fourth-order valence-electron chi connectivity index (χ4n) is 7.01. The molecule has 3 aromatic carbocycles. The van der Waals surface area contributed by atoms with Crippen LogP contribution >= 0.6 is 28.1 Å². The standard InChI is InChI=1S/C41H38BrFN2O4S/c42-33-23-24-36(43)34(25-33)40(45-39(50)44-38(47)29-15-7-4-8-16-29)28-48-37(35(40)26-46)27-49-41(31-19-11-5-12-20-31,32-21-13-6-14-22-32)30-17-9-2-1-3-10-18-30/h1-2,4-9,11-13,15-17,19-21,23-25,30,35,37,46H,3,14,22,26-28H2,(H2,44,45,47,50)/b2-1-,17-9-/t30?,35-,37-,40-,41?/m1/s1. The first-order chi connectivity index (χ1) is 24.4. The summed E-state index contributed by atoms with van der Waals surface area (Å²) in [5, 5.41) is 17.0. The molecule has 3 aliphatic rings. The van der Waals surface area contributed by atoms with Crippen LogP contribution in [0.15, 0.2) is 131 Å². The summed E-state index contributed by atoms with van der Waals surface area (Å²) in [5.41, 5.74) is 0.331. The van der Waals surface area contributed by atoms with Gasteiger partial charge in [0.1, 0.15) is 11.4 Å². The van der Waals surface area contributed by atoms with Gasteiger partial charge in [0, 0.05) is 27.9 Å². The van der Waals surface area contributed by atoms with Crippen molar-refractivity contribution in [2.24, 2.45) is 11.8 Å². The van der Waals surface area contributed by atoms with Gasteiger partial charge in [-0.1, -0.05) is 119 Å². The molecule has 1 heterocycles. The maximum absolute atomic E-state index is 15.8. The van der Waals surface area contributed by atoms with E-state index in [0.717, 1.165) is 24.0 Å². The molecule has 0 aromatic heterocycles. The molecule has 3 N–H and O–H groups in total. The SMILES string of the molecule is O=C(NC(=S)N[C@@]1(c2cc(Br)ccc2F)CO[C@H](COC(C2=CC=CCC2)(c2ccccc2)C2C#CC/C=C\C=C/2)[C@H]1CO)c1ccccc1. The van der Waals surface area contributed by atoms with E-state index in [1.165, 1.54) is 6.07 Å². The van der Waals surface area contributed by atoms with E-state index < -0.39 is 34.9 Å². The molecule has 1 saturated heterocycles. The van der Waals surface area contributed by atoms with Gasteiger partial charge in [-0.3, -0.25) is 10.1 Å². The van der Waals surface area contributed by atoms with Crippen LogP contribution in [0, 0.1) is 29.5 Å². The Morgan fingerprint density at radius 1 is 1.08 bits per heavy atom. The zero-order valence-electron chi connectivity index (χ0n) is 27.4. The van der Waals surface area contributed by atoms with Crippen LogP contribution in [0.25, 0.3) is 0 Å². The van der Waals surface area contributed by atoms with E-state index in [-0.39, 0.29) is 36.4 Å². The van der Waals surface area contributed by atoms with E-state index in [4.69, 9.17) is 21.7 Å². The van der Waals surface area contributed by atoms with E-state index in [0.29, 0.717) is 16.5 Å². The minimum atomic E-state index is -1.36. The highest BCUT2D eigenvalue weighted by molar-refractivity contribution is 9.10. The van der Waals surface area contributed by atoms with Crippen molar-refractivity contribution < 1.29 is 23.8 Å². The predicted octanol–water partition coefficient (Wildman–Crippen LogP) is 7.42. The Kier molecular flexibility index (Phi) is 11.6. The summed E-state index contributed by atoms with van der Waals surface area (Å²) in [7, 11) is 0. The van der Waals surface area contributed by atoms with Crippen LogP contribution in [0.5, 0.6) is 0 Å². The number of carbonyl (C=O) groups is 1. The van der Waals surface area contributed by atoms with E-state index >= 15 is 4.39 Å². The number of benzene rings is 3. The zero-order valence-corrected chi connectivity index (χ0v) is 29.8. The Hall–Kier alpha value is -4.17. The summed E-state index contributed by atoms with van der Waals surface area (Å²) in [5.74, 6) is 4.77. The second-order valence-electron chi connectivity index (χ2n) is 12.4. The summed E-state index contributed by atoms with van der Waals surface area (Å²) >= 11 is 9.13. The number of thiocarbonyl (C=S) groups is 1. The van der Waals surface area contributed by atoms with Crippen molar-refractivity contribution in [3.05, 3.63) is 154 Å². The first-order valence-electron chi connectivity index (χ1n) is 16.6. The topological polar surface area (TPSA) is 79.8 Å². The molecule has 0 bridgehead atoms. The predicted molar refractivity (Wildman–Crippen MR) is 200 cm³/mol. The molecule has 5 atom stereocenters. The molecular weight excluding hydrogens is 715 g/mol. The monoisotopic (exact) mass is 752 g/mol. The molecule has 0 radical (unpaired) electrons. The zero-order chi connectivity index (χ0) is 35.0. The van der Waals surface area contributed by atoms with Crippen molar-refractivity contribution in [2.45, 2.75) is 36.5 Å². The first kappa shape index (κ1) is 35.6. The Bertz CT molecular complexity index is 1890. The number of hydrogen-bond acceptors (Lipinski definition) is 5. The largest absolute Gasteiger partial charge is 0.396 e. The number of nitrogens with one attached hydrogen (secondary N) is 2. The molecule has 9 heteroatoms. The molecule has 1 fully saturated rings. The third kappa shape index (κ3) is 7.46. The summed E-state index contributed by atoms with van der Waals surface area (Å²) < 4.78 is 30.1. The van der Waals surface area contributed by atoms with Crippen LogP contribution in [0.4, 0.5) is 4.39 Å². The molecule has 1 amide bonds. The lowest BCUT2D eigenvalue weighted by atomic mass is 9.72. The van der Waals surface area contributed by atoms with Gasteiger partial charge in [0.15, 0.2) is 5.11 Å². The van der Waals surface area contributed by atoms with E-state index in [1.54, 1.807) is 36.4 Å². The number of allylic oxidation sites excluding steroid dienone is 6. The third-order valence-corrected chi connectivity index (χ3v) is 10.1. The van der Waals surface area contributed by atoms with Gasteiger partial charge in [-0.2, -0.15) is 0 Å². The maximum Gasteiger partial charge on any atom is 0.257 e. The van der Waals surface area contributed by atoms with Gasteiger partial charge in [0.2, 0.25) is 0 Å². The number of ether oxygens (including phenoxy) is 2. The van der Waals surface area contributed by atoms with Crippen LogP contribution in [-0.4, -0.2) is 42.1 Å². The third-order valence-electron chi connectivity index (χ3n) is 9.45. The lowest BCUT2D eigenvalue weighted by Gasteiger charge is -2.42. The summed E-state index contributed by atoms with van der Waals surface area (Å²) in [6, 6.07) is 23.3. The highest BCUT2D eigenvalue weighted by Crippen LogP contribution is 2.47. The Balaban J connectivity index is 1.37. The smallest absolute Gasteiger partial charge is 0.257 e. The van der Waals surface area contributed by atoms with Crippen molar-refractivity contribution in [3.63, 3.8) is 0 Å². The van der Waals surface area contributed by atoms with Crippen LogP contribution in [-0.2, 0) is 20.6 Å². The Morgan fingerprint density at radius 2 is 1.86 bits per heavy atom. The number of aliphatic hydroxyl groups excluding tert-OH is 1. The van der Waals surface area contributed by atoms with E-state index in [1.807, 2.05) is 42.5 Å². The summed E-state index contributed by atoms with van der Waals surface area (Å²) in [6.45, 7) is -0.399. The molecule has 3 aromatic rings. The van der Waals surface area contributed by atoms with Gasteiger partial charge < -0.3 is 19.9 Å². The average molecular weight is 754 g/mol. The molecule has 6 nitrogen and oxygen atoms in total. The number of rotatable bonds is 10. The second-order valence-corrected chi connectivity index (χ2v) is 13.7. The highest BCUT2D eigenvalue weighted by Gasteiger charge is 2.54. The minimum Gasteiger partial charge on any atom is -0.396 e. The lowest BCUT2D eigenvalue weighted by molar-refractivity contribution is -0.0918. The Labute approximate surface area is 306 Å². The van der Waals surface area contributed by atoms with Crippen LogP contribution < -0.4 is 10.6 Å². The summed E-state index contributed by atoms with van der Waals surface area (Å²) in [6.07, 6.45) is 15.9. The van der Waals surface area contributed by atoms with Crippen molar-refractivity contribution in [1.82, 2.24) is 10.6 Å². The van der Waals surface area contributed by atoms with Gasteiger partial charge in [-0.05, 0) is 66.5 Å². The van der Waals surface area contributed by atoms with Gasteiger partial charge in [0.05, 0.1) is 37.4 Å². The van der Waals surface area contributed by atoms with Crippen molar-refractivity contribution in [3.8, 4) is 11.8 Å². The average Bonchev–Trinajstić information content (AvgIpc) is 3.48. The molecule has 0 spiro atoms. The number of carbonyl (C=O) groups excluding carboxylic acids is 1. The number of hydrogen-bond donors (Lipinski definition) is 3. The summed E-state index contributed by atoms with van der Waals surface area (Å²) in [4.78, 5) is 13.0. The highest BCUT2D eigenvalue weighted by atomic mass is 79.9. The molecule has 50 heavy (non-hydrogen) atoms. The number of aliphatic hydroxyl groups is 1. The quantitative estimate of drug-likeness (QED) is 0.148. The molecule has 2 unspecified atom stereocenters. The minimum absolute atomic E-state index is 0.0254. The normalized spacial score (nSPS) is 25.1. The first-order valence-corrected chi connectivity index (χ1v) is 17.8. The lowest BCUT2D eigenvalue weighted by Crippen LogP contribution is -2.57. The Morgan fingerprint density at radius 3 is 2.60 bits per heavy atom. The van der Waals surface area contributed by atoms with Gasteiger partial charge >= 0.3 is 0 Å². The van der Waals surface area contributed by atoms with Crippen LogP contribution in [0.2, 0.25) is 0 Å². The maximum atomic E-state index is 15.8. The number of amides is 1. The second kappa shape index (κ2) is 16.2. The fraction of sp³-hybridized carbons (Fsp3) is 0.268. The molecular formula is C41H38BrFN2O4S. The molecule has 2 aliphatic carbocycles. The molecule has 256 valence electrons. The van der Waals surface area contributed by atoms with Crippen molar-refractivity contribution in [1.29, 1.82) is 0 Å². The van der Waals surface area contributed by atoms with Crippen LogP contribution in [0.1, 0.15) is 40.7 Å². The molecule has 0 saturated carbocycles. The van der Waals surface area contributed by atoms with E-state index in [2.05, 4.69) is 74.8 Å². The molecule has 6 rings (SSSR count). The van der Waals surface area contributed by atoms with Gasteiger partial charge in [-0.25, -0.2) is 4.39 Å². The molecule has 1 aliphatic heterocycles. The fourth-order valence-corrected chi connectivity index (χ4v) is 7.64. The van der Waals surface area contributed by atoms with Crippen molar-refractivity contribution >= 4 is 39.2 Å². The van der Waals surface area contributed by atoms with Gasteiger partial charge in [-0.15, -0.1) is 0 Å². The van der Waals surface area contributed by atoms with Crippen molar-refractivity contribution in [2.75, 3.05) is 19.8 Å². The number of halogens is 2. The van der Waals surface area contributed by atoms with Crippen LogP contribution in [0.3, 0.4) is 0 Å². The van der Waals surface area contributed by atoms with Gasteiger partial charge in [0.25, 0.3) is 5.91 Å². The van der Waals surface area contributed by atoms with E-state index in [9.17, 15) is 9.90 Å².